The fourth-order valence-electron chi connectivity index (χ4n) is 1.56. The molecule has 1 aromatic rings. The lowest BCUT2D eigenvalue weighted by molar-refractivity contribution is -0.123. The summed E-state index contributed by atoms with van der Waals surface area (Å²) in [5.41, 5.74) is 6.15. The second kappa shape index (κ2) is 7.36. The van der Waals surface area contributed by atoms with Crippen LogP contribution in [0.5, 0.6) is 5.75 Å². The van der Waals surface area contributed by atoms with E-state index in [1.165, 1.54) is 0 Å². The molecular formula is C14H23ClN2O2. The van der Waals surface area contributed by atoms with Gasteiger partial charge in [0.25, 0.3) is 0 Å². The molecule has 1 rings (SSSR count). The van der Waals surface area contributed by atoms with Gasteiger partial charge in [-0.2, -0.15) is 0 Å². The predicted octanol–water partition coefficient (Wildman–Crippen LogP) is 2.07. The van der Waals surface area contributed by atoms with Gasteiger partial charge in [0.05, 0.1) is 13.0 Å². The second-order valence-electron chi connectivity index (χ2n) is 5.08. The molecule has 1 unspecified atom stereocenters. The summed E-state index contributed by atoms with van der Waals surface area (Å²) in [6.45, 7) is 6.09. The van der Waals surface area contributed by atoms with Crippen LogP contribution in [0.4, 0.5) is 0 Å². The van der Waals surface area contributed by atoms with E-state index in [9.17, 15) is 4.79 Å². The number of nitrogens with one attached hydrogen (secondary N) is 1. The van der Waals surface area contributed by atoms with Gasteiger partial charge in [-0.1, -0.05) is 12.1 Å². The molecule has 3 N–H and O–H groups in total. The zero-order valence-electron chi connectivity index (χ0n) is 11.9. The molecule has 108 valence electrons. The highest BCUT2D eigenvalue weighted by Crippen LogP contribution is 2.21. The van der Waals surface area contributed by atoms with Gasteiger partial charge in [-0.05, 0) is 38.5 Å². The molecule has 0 aliphatic heterocycles. The van der Waals surface area contributed by atoms with Crippen molar-refractivity contribution >= 4 is 18.3 Å². The highest BCUT2D eigenvalue weighted by Gasteiger charge is 2.23. The predicted molar refractivity (Wildman–Crippen MR) is 79.9 cm³/mol. The third-order valence-electron chi connectivity index (χ3n) is 2.96. The van der Waals surface area contributed by atoms with Crippen LogP contribution in [0.1, 0.15) is 32.3 Å². The number of ether oxygens (including phenoxy) is 1. The van der Waals surface area contributed by atoms with Crippen molar-refractivity contribution < 1.29 is 9.53 Å². The summed E-state index contributed by atoms with van der Waals surface area (Å²) in [6, 6.07) is 7.53. The Bertz CT molecular complexity index is 422. The van der Waals surface area contributed by atoms with Crippen molar-refractivity contribution in [1.29, 1.82) is 0 Å². The third-order valence-corrected chi connectivity index (χ3v) is 2.96. The molecule has 0 bridgehead atoms. The fraction of sp³-hybridized carbons (Fsp3) is 0.500. The number of halogens is 1. The van der Waals surface area contributed by atoms with Crippen LogP contribution in [-0.4, -0.2) is 25.1 Å². The van der Waals surface area contributed by atoms with Crippen LogP contribution in [0.25, 0.3) is 0 Å². The quantitative estimate of drug-likeness (QED) is 0.871. The van der Waals surface area contributed by atoms with Crippen LogP contribution in [0.3, 0.4) is 0 Å². The van der Waals surface area contributed by atoms with E-state index in [2.05, 4.69) is 5.32 Å². The molecule has 0 aliphatic rings. The summed E-state index contributed by atoms with van der Waals surface area (Å²) in [5, 5.41) is 2.94. The number of carbonyl (C=O) groups is 1. The van der Waals surface area contributed by atoms with E-state index in [1.807, 2.05) is 45.0 Å². The maximum atomic E-state index is 12.1. The molecule has 0 fully saturated rings. The van der Waals surface area contributed by atoms with E-state index < -0.39 is 0 Å². The maximum Gasteiger partial charge on any atom is 0.227 e. The van der Waals surface area contributed by atoms with Crippen molar-refractivity contribution in [2.24, 2.45) is 5.73 Å². The van der Waals surface area contributed by atoms with Gasteiger partial charge in [0.1, 0.15) is 5.75 Å². The van der Waals surface area contributed by atoms with Gasteiger partial charge in [-0.15, -0.1) is 12.4 Å². The lowest BCUT2D eigenvalue weighted by Crippen LogP contribution is -2.50. The van der Waals surface area contributed by atoms with Crippen molar-refractivity contribution in [3.05, 3.63) is 29.8 Å². The molecule has 1 atom stereocenters. The highest BCUT2D eigenvalue weighted by atomic mass is 35.5. The van der Waals surface area contributed by atoms with Crippen LogP contribution in [-0.2, 0) is 4.79 Å². The largest absolute Gasteiger partial charge is 0.497 e. The maximum absolute atomic E-state index is 12.1. The van der Waals surface area contributed by atoms with Crippen LogP contribution >= 0.6 is 12.4 Å². The van der Waals surface area contributed by atoms with Gasteiger partial charge < -0.3 is 15.8 Å². The smallest absolute Gasteiger partial charge is 0.227 e. The van der Waals surface area contributed by atoms with Crippen molar-refractivity contribution in [2.45, 2.75) is 32.2 Å². The van der Waals surface area contributed by atoms with E-state index in [-0.39, 0.29) is 29.8 Å². The summed E-state index contributed by atoms with van der Waals surface area (Å²) in [6.07, 6.45) is 0. The molecule has 0 heterocycles. The lowest BCUT2D eigenvalue weighted by atomic mass is 9.97. The number of hydrogen-bond acceptors (Lipinski definition) is 3. The van der Waals surface area contributed by atoms with E-state index in [4.69, 9.17) is 10.5 Å². The van der Waals surface area contributed by atoms with Crippen molar-refractivity contribution in [3.8, 4) is 5.75 Å². The second-order valence-corrected chi connectivity index (χ2v) is 5.08. The molecule has 1 amide bonds. The molecule has 5 heteroatoms. The third kappa shape index (κ3) is 5.09. The van der Waals surface area contributed by atoms with Crippen LogP contribution < -0.4 is 15.8 Å². The van der Waals surface area contributed by atoms with Gasteiger partial charge in [-0.25, -0.2) is 0 Å². The van der Waals surface area contributed by atoms with E-state index in [0.717, 1.165) is 11.3 Å². The summed E-state index contributed by atoms with van der Waals surface area (Å²) >= 11 is 0. The number of carbonyl (C=O) groups excluding carboxylic acids is 1. The van der Waals surface area contributed by atoms with Gasteiger partial charge in [0, 0.05) is 12.1 Å². The molecule has 0 aromatic heterocycles. The topological polar surface area (TPSA) is 64.3 Å². The first-order valence-corrected chi connectivity index (χ1v) is 6.05. The first-order valence-electron chi connectivity index (χ1n) is 6.05. The Balaban J connectivity index is 0.00000324. The minimum absolute atomic E-state index is 0. The molecule has 0 saturated heterocycles. The molecule has 0 aliphatic carbocycles. The molecule has 0 spiro atoms. The Morgan fingerprint density at radius 3 is 2.63 bits per heavy atom. The van der Waals surface area contributed by atoms with Gasteiger partial charge >= 0.3 is 0 Å². The normalized spacial score (nSPS) is 12.3. The number of nitrogens with two attached hydrogens (primary N) is 1. The van der Waals surface area contributed by atoms with E-state index >= 15 is 0 Å². The lowest BCUT2D eigenvalue weighted by Gasteiger charge is -2.26. The summed E-state index contributed by atoms with van der Waals surface area (Å²) in [5.74, 6) is 0.495. The standard InChI is InChI=1S/C14H22N2O2.ClH/c1-10(13(17)16-14(2,3)9-15)11-6-5-7-12(8-11)18-4;/h5-8,10H,9,15H2,1-4H3,(H,16,17);1H. The Labute approximate surface area is 121 Å². The molecule has 0 saturated carbocycles. The Kier molecular flexibility index (Phi) is 6.87. The van der Waals surface area contributed by atoms with Crippen molar-refractivity contribution in [2.75, 3.05) is 13.7 Å². The van der Waals surface area contributed by atoms with Gasteiger partial charge in [0.2, 0.25) is 5.91 Å². The molecular weight excluding hydrogens is 264 g/mol. The Morgan fingerprint density at radius 2 is 2.11 bits per heavy atom. The summed E-state index contributed by atoms with van der Waals surface area (Å²) < 4.78 is 5.16. The van der Waals surface area contributed by atoms with Crippen LogP contribution in [0.15, 0.2) is 24.3 Å². The SMILES string of the molecule is COc1cccc(C(C)C(=O)NC(C)(C)CN)c1.Cl. The number of hydrogen-bond donors (Lipinski definition) is 2. The number of benzene rings is 1. The van der Waals surface area contributed by atoms with Gasteiger partial charge in [0.15, 0.2) is 0 Å². The average Bonchev–Trinajstić information content (AvgIpc) is 2.37. The van der Waals surface area contributed by atoms with Crippen molar-refractivity contribution in [1.82, 2.24) is 5.32 Å². The zero-order valence-corrected chi connectivity index (χ0v) is 12.7. The van der Waals surface area contributed by atoms with Crippen molar-refractivity contribution in [3.63, 3.8) is 0 Å². The highest BCUT2D eigenvalue weighted by molar-refractivity contribution is 5.85. The molecule has 19 heavy (non-hydrogen) atoms. The number of rotatable bonds is 5. The first kappa shape index (κ1) is 17.7. The number of amides is 1. The Morgan fingerprint density at radius 1 is 1.47 bits per heavy atom. The first-order chi connectivity index (χ1) is 8.39. The van der Waals surface area contributed by atoms with Crippen LogP contribution in [0, 0.1) is 0 Å². The monoisotopic (exact) mass is 286 g/mol. The molecule has 0 radical (unpaired) electrons. The Hall–Kier alpha value is -1.26. The van der Waals surface area contributed by atoms with E-state index in [0.29, 0.717) is 6.54 Å². The minimum Gasteiger partial charge on any atom is -0.497 e. The van der Waals surface area contributed by atoms with Gasteiger partial charge in [-0.3, -0.25) is 4.79 Å². The number of methoxy groups -OCH3 is 1. The summed E-state index contributed by atoms with van der Waals surface area (Å²) in [4.78, 5) is 12.1. The zero-order chi connectivity index (χ0) is 13.8. The molecule has 4 nitrogen and oxygen atoms in total. The average molecular weight is 287 g/mol. The van der Waals surface area contributed by atoms with E-state index in [1.54, 1.807) is 7.11 Å². The summed E-state index contributed by atoms with van der Waals surface area (Å²) in [7, 11) is 1.61. The molecule has 1 aromatic carbocycles. The fourth-order valence-corrected chi connectivity index (χ4v) is 1.56. The van der Waals surface area contributed by atoms with Crippen LogP contribution in [0.2, 0.25) is 0 Å². The minimum atomic E-state index is -0.385.